The number of hydrazone groups is 1. The summed E-state index contributed by atoms with van der Waals surface area (Å²) in [6, 6.07) is 7.31. The van der Waals surface area contributed by atoms with E-state index < -0.39 is 0 Å². The summed E-state index contributed by atoms with van der Waals surface area (Å²) >= 11 is 3.28. The molecule has 1 aromatic carbocycles. The molecule has 136 valence electrons. The Morgan fingerprint density at radius 2 is 2.19 bits per heavy atom. The number of aromatic hydroxyl groups is 1. The number of nitrogens with zero attached hydrogens (tertiary/aromatic N) is 3. The molecule has 0 saturated carbocycles. The van der Waals surface area contributed by atoms with Crippen molar-refractivity contribution in [1.82, 2.24) is 4.98 Å². The Morgan fingerprint density at radius 3 is 2.85 bits per heavy atom. The molecule has 0 unspecified atom stereocenters. The van der Waals surface area contributed by atoms with E-state index in [1.807, 2.05) is 19.9 Å². The first-order valence-corrected chi connectivity index (χ1v) is 8.63. The molecule has 0 fully saturated rings. The molecule has 2 rings (SSSR count). The molecule has 0 aliphatic heterocycles. The van der Waals surface area contributed by atoms with Crippen LogP contribution in [0.5, 0.6) is 11.5 Å². The molecule has 1 heterocycles. The molecule has 0 amide bonds. The van der Waals surface area contributed by atoms with Gasteiger partial charge >= 0.3 is 0 Å². The van der Waals surface area contributed by atoms with E-state index in [2.05, 4.69) is 37.5 Å². The lowest BCUT2D eigenvalue weighted by molar-refractivity contribution is 0.184. The number of anilines is 1. The Labute approximate surface area is 160 Å². The second-order valence-electron chi connectivity index (χ2n) is 5.34. The second kappa shape index (κ2) is 9.17. The SMILES string of the molecule is CCOc1cc(/C=N\Nc2nc(C)cc(COC)c2C#N)cc(Br)c1O. The number of hydrogen-bond acceptors (Lipinski definition) is 7. The minimum Gasteiger partial charge on any atom is -0.503 e. The number of phenols is 1. The van der Waals surface area contributed by atoms with Crippen LogP contribution in [0, 0.1) is 18.3 Å². The lowest BCUT2D eigenvalue weighted by Gasteiger charge is -2.10. The minimum atomic E-state index is 0.0354. The Hall–Kier alpha value is -2.63. The summed E-state index contributed by atoms with van der Waals surface area (Å²) < 4.78 is 11.0. The lowest BCUT2D eigenvalue weighted by Crippen LogP contribution is -2.03. The fraction of sp³-hybridized carbons (Fsp3) is 0.278. The molecule has 0 spiro atoms. The molecule has 7 nitrogen and oxygen atoms in total. The predicted molar refractivity (Wildman–Crippen MR) is 103 cm³/mol. The number of hydrogen-bond donors (Lipinski definition) is 2. The average Bonchev–Trinajstić information content (AvgIpc) is 2.59. The van der Waals surface area contributed by atoms with Crippen LogP contribution in [-0.2, 0) is 11.3 Å². The smallest absolute Gasteiger partial charge is 0.172 e. The Kier molecular flexibility index (Phi) is 6.95. The van der Waals surface area contributed by atoms with Crippen LogP contribution < -0.4 is 10.2 Å². The maximum absolute atomic E-state index is 9.95. The maximum atomic E-state index is 9.95. The van der Waals surface area contributed by atoms with Crippen molar-refractivity contribution in [2.24, 2.45) is 5.10 Å². The lowest BCUT2D eigenvalue weighted by atomic mass is 10.1. The van der Waals surface area contributed by atoms with Gasteiger partial charge in [-0.1, -0.05) is 0 Å². The van der Waals surface area contributed by atoms with Gasteiger partial charge in [0.05, 0.1) is 23.9 Å². The molecule has 0 aliphatic carbocycles. The van der Waals surface area contributed by atoms with Crippen molar-refractivity contribution in [3.8, 4) is 17.6 Å². The van der Waals surface area contributed by atoms with Gasteiger partial charge in [0.25, 0.3) is 0 Å². The molecule has 0 bridgehead atoms. The van der Waals surface area contributed by atoms with E-state index >= 15 is 0 Å². The standard InChI is InChI=1S/C18H19BrN4O3/c1-4-26-16-7-12(6-15(19)17(16)24)9-21-23-18-14(8-20)13(10-25-3)5-11(2)22-18/h5-7,9,24H,4,10H2,1-3H3,(H,22,23)/b21-9-. The van der Waals surface area contributed by atoms with Gasteiger partial charge in [0, 0.05) is 18.4 Å². The number of nitriles is 1. The number of rotatable bonds is 7. The Bertz CT molecular complexity index is 862. The van der Waals surface area contributed by atoms with Gasteiger partial charge in [-0.2, -0.15) is 10.4 Å². The summed E-state index contributed by atoms with van der Waals surface area (Å²) in [7, 11) is 1.57. The quantitative estimate of drug-likeness (QED) is 0.524. The monoisotopic (exact) mass is 418 g/mol. The first kappa shape index (κ1) is 19.7. The van der Waals surface area contributed by atoms with Crippen LogP contribution in [0.15, 0.2) is 27.8 Å². The largest absolute Gasteiger partial charge is 0.503 e. The first-order valence-electron chi connectivity index (χ1n) is 7.84. The van der Waals surface area contributed by atoms with Crippen molar-refractivity contribution in [3.63, 3.8) is 0 Å². The zero-order chi connectivity index (χ0) is 19.1. The predicted octanol–water partition coefficient (Wildman–Crippen LogP) is 3.72. The van der Waals surface area contributed by atoms with Gasteiger partial charge in [-0.05, 0) is 53.5 Å². The third-order valence-corrected chi connectivity index (χ3v) is 3.98. The molecule has 0 atom stereocenters. The number of phenolic OH excluding ortho intramolecular Hbond substituents is 1. The fourth-order valence-corrected chi connectivity index (χ4v) is 2.78. The molecular formula is C18H19BrN4O3. The third-order valence-electron chi connectivity index (χ3n) is 3.38. The van der Waals surface area contributed by atoms with E-state index in [0.29, 0.717) is 40.4 Å². The zero-order valence-electron chi connectivity index (χ0n) is 14.7. The summed E-state index contributed by atoms with van der Waals surface area (Å²) in [4.78, 5) is 4.32. The van der Waals surface area contributed by atoms with Crippen LogP contribution in [0.3, 0.4) is 0 Å². The third kappa shape index (κ3) is 4.71. The normalized spacial score (nSPS) is 10.7. The molecule has 0 saturated heterocycles. The van der Waals surface area contributed by atoms with Crippen molar-refractivity contribution < 1.29 is 14.6 Å². The van der Waals surface area contributed by atoms with Crippen LogP contribution in [0.1, 0.15) is 29.3 Å². The van der Waals surface area contributed by atoms with Crippen molar-refractivity contribution in [2.45, 2.75) is 20.5 Å². The number of benzene rings is 1. The van der Waals surface area contributed by atoms with Gasteiger partial charge in [0.2, 0.25) is 0 Å². The number of methoxy groups -OCH3 is 1. The molecule has 26 heavy (non-hydrogen) atoms. The average molecular weight is 419 g/mol. The van der Waals surface area contributed by atoms with E-state index in [9.17, 15) is 10.4 Å². The summed E-state index contributed by atoms with van der Waals surface area (Å²) in [5.74, 6) is 0.754. The highest BCUT2D eigenvalue weighted by Crippen LogP contribution is 2.35. The van der Waals surface area contributed by atoms with Gasteiger partial charge in [-0.25, -0.2) is 4.98 Å². The van der Waals surface area contributed by atoms with Crippen LogP contribution in [-0.4, -0.2) is 30.0 Å². The van der Waals surface area contributed by atoms with Gasteiger partial charge < -0.3 is 14.6 Å². The first-order chi connectivity index (χ1) is 12.5. The summed E-state index contributed by atoms with van der Waals surface area (Å²) in [5.41, 5.74) is 5.38. The van der Waals surface area contributed by atoms with Crippen molar-refractivity contribution in [2.75, 3.05) is 19.1 Å². The highest BCUT2D eigenvalue weighted by atomic mass is 79.9. The van der Waals surface area contributed by atoms with Crippen LogP contribution >= 0.6 is 15.9 Å². The van der Waals surface area contributed by atoms with E-state index in [4.69, 9.17) is 9.47 Å². The molecule has 2 aromatic rings. The Balaban J connectivity index is 2.27. The van der Waals surface area contributed by atoms with E-state index in [-0.39, 0.29) is 5.75 Å². The summed E-state index contributed by atoms with van der Waals surface area (Å²) in [5, 5.41) is 23.5. The van der Waals surface area contributed by atoms with E-state index in [1.54, 1.807) is 25.5 Å². The number of halogens is 1. The van der Waals surface area contributed by atoms with Crippen molar-refractivity contribution in [3.05, 3.63) is 45.1 Å². The maximum Gasteiger partial charge on any atom is 0.172 e. The molecule has 0 aliphatic rings. The van der Waals surface area contributed by atoms with Gasteiger partial charge in [-0.3, -0.25) is 5.43 Å². The fourth-order valence-electron chi connectivity index (χ4n) is 2.32. The Morgan fingerprint density at radius 1 is 1.42 bits per heavy atom. The summed E-state index contributed by atoms with van der Waals surface area (Å²) in [6.45, 7) is 4.41. The molecular weight excluding hydrogens is 400 g/mol. The van der Waals surface area contributed by atoms with Crippen LogP contribution in [0.2, 0.25) is 0 Å². The van der Waals surface area contributed by atoms with Gasteiger partial charge in [0.1, 0.15) is 11.6 Å². The molecule has 8 heteroatoms. The minimum absolute atomic E-state index is 0.0354. The van der Waals surface area contributed by atoms with E-state index in [1.165, 1.54) is 0 Å². The molecule has 0 radical (unpaired) electrons. The number of aryl methyl sites for hydroxylation is 1. The molecule has 1 aromatic heterocycles. The van der Waals surface area contributed by atoms with Crippen LogP contribution in [0.25, 0.3) is 0 Å². The summed E-state index contributed by atoms with van der Waals surface area (Å²) in [6.07, 6.45) is 1.55. The van der Waals surface area contributed by atoms with Gasteiger partial charge in [0.15, 0.2) is 17.3 Å². The van der Waals surface area contributed by atoms with Gasteiger partial charge in [-0.15, -0.1) is 0 Å². The highest BCUT2D eigenvalue weighted by molar-refractivity contribution is 9.10. The zero-order valence-corrected chi connectivity index (χ0v) is 16.3. The molecule has 2 N–H and O–H groups in total. The topological polar surface area (TPSA) is 99.8 Å². The number of nitrogens with one attached hydrogen (secondary N) is 1. The van der Waals surface area contributed by atoms with Crippen molar-refractivity contribution in [1.29, 1.82) is 5.26 Å². The second-order valence-corrected chi connectivity index (χ2v) is 6.20. The van der Waals surface area contributed by atoms with Crippen molar-refractivity contribution >= 4 is 28.0 Å². The van der Waals surface area contributed by atoms with Crippen LogP contribution in [0.4, 0.5) is 5.82 Å². The number of ether oxygens (including phenoxy) is 2. The number of pyridine rings is 1. The van der Waals surface area contributed by atoms with E-state index in [0.717, 1.165) is 11.3 Å². The highest BCUT2D eigenvalue weighted by Gasteiger charge is 2.11. The number of aromatic nitrogens is 1.